The number of aromatic nitrogens is 2. The molecule has 2 aromatic heterocycles. The quantitative estimate of drug-likeness (QED) is 0.741. The molecule has 7 heteroatoms. The number of anilines is 1. The minimum Gasteiger partial charge on any atom is -0.454 e. The number of nitrogen functional groups attached to an aromatic ring is 1. The summed E-state index contributed by atoms with van der Waals surface area (Å²) < 4.78 is 43.8. The molecule has 0 unspecified atom stereocenters. The minimum atomic E-state index is -4.66. The Labute approximate surface area is 117 Å². The molecule has 1 aromatic carbocycles. The third-order valence-electron chi connectivity index (χ3n) is 2.99. The predicted molar refractivity (Wildman–Crippen MR) is 71.4 cm³/mol. The fourth-order valence-electron chi connectivity index (χ4n) is 2.05. The molecule has 3 aromatic rings. The third kappa shape index (κ3) is 2.42. The average Bonchev–Trinajstić information content (AvgIpc) is 2.82. The smallest absolute Gasteiger partial charge is 0.451 e. The first-order valence-electron chi connectivity index (χ1n) is 6.06. The first kappa shape index (κ1) is 13.4. The zero-order valence-electron chi connectivity index (χ0n) is 10.9. The monoisotopic (exact) mass is 293 g/mol. The van der Waals surface area contributed by atoms with E-state index in [4.69, 9.17) is 10.2 Å². The molecule has 0 radical (unpaired) electrons. The number of nitrogens with two attached hydrogens (primary N) is 1. The highest BCUT2D eigenvalue weighted by atomic mass is 19.4. The van der Waals surface area contributed by atoms with Gasteiger partial charge in [-0.15, -0.1) is 0 Å². The summed E-state index contributed by atoms with van der Waals surface area (Å²) in [7, 11) is 0. The normalized spacial score (nSPS) is 12.0. The number of hydrogen-bond acceptors (Lipinski definition) is 4. The molecule has 21 heavy (non-hydrogen) atoms. The highest BCUT2D eigenvalue weighted by molar-refractivity contribution is 5.84. The fourth-order valence-corrected chi connectivity index (χ4v) is 2.05. The van der Waals surface area contributed by atoms with Gasteiger partial charge in [-0.1, -0.05) is 18.2 Å². The molecule has 108 valence electrons. The van der Waals surface area contributed by atoms with Crippen LogP contribution in [0.5, 0.6) is 0 Å². The van der Waals surface area contributed by atoms with E-state index in [0.717, 1.165) is 10.9 Å². The number of rotatable bonds is 1. The molecule has 2 heterocycles. The number of alkyl halides is 3. The van der Waals surface area contributed by atoms with Crippen LogP contribution in [0.15, 0.2) is 34.7 Å². The number of benzene rings is 1. The number of aryl methyl sites for hydroxylation is 1. The van der Waals surface area contributed by atoms with Gasteiger partial charge < -0.3 is 10.2 Å². The molecule has 0 saturated heterocycles. The van der Waals surface area contributed by atoms with Crippen molar-refractivity contribution in [1.29, 1.82) is 0 Å². The van der Waals surface area contributed by atoms with Crippen LogP contribution < -0.4 is 5.73 Å². The lowest BCUT2D eigenvalue weighted by Gasteiger charge is -2.06. The first-order chi connectivity index (χ1) is 9.84. The van der Waals surface area contributed by atoms with Gasteiger partial charge in [0, 0.05) is 11.5 Å². The molecule has 0 aliphatic carbocycles. The summed E-state index contributed by atoms with van der Waals surface area (Å²) in [6.45, 7) is 1.85. The maximum absolute atomic E-state index is 12.7. The maximum Gasteiger partial charge on any atom is 0.451 e. The van der Waals surface area contributed by atoms with E-state index in [1.54, 1.807) is 6.07 Å². The zero-order valence-corrected chi connectivity index (χ0v) is 10.9. The van der Waals surface area contributed by atoms with Crippen LogP contribution in [0.4, 0.5) is 19.0 Å². The van der Waals surface area contributed by atoms with E-state index in [2.05, 4.69) is 9.97 Å². The van der Waals surface area contributed by atoms with E-state index in [1.807, 2.05) is 25.1 Å². The molecular formula is C14H10F3N3O. The van der Waals surface area contributed by atoms with Gasteiger partial charge in [-0.2, -0.15) is 13.2 Å². The van der Waals surface area contributed by atoms with Crippen molar-refractivity contribution in [2.75, 3.05) is 5.73 Å². The number of para-hydroxylation sites is 1. The maximum atomic E-state index is 12.7. The van der Waals surface area contributed by atoms with Gasteiger partial charge in [0.05, 0.1) is 0 Å². The highest BCUT2D eigenvalue weighted by Crippen LogP contribution is 2.32. The van der Waals surface area contributed by atoms with Crippen molar-refractivity contribution in [1.82, 2.24) is 9.97 Å². The largest absolute Gasteiger partial charge is 0.454 e. The van der Waals surface area contributed by atoms with Gasteiger partial charge in [0.15, 0.2) is 5.76 Å². The molecule has 0 amide bonds. The van der Waals surface area contributed by atoms with Gasteiger partial charge in [0.25, 0.3) is 0 Å². The van der Waals surface area contributed by atoms with E-state index < -0.39 is 12.0 Å². The van der Waals surface area contributed by atoms with E-state index in [0.29, 0.717) is 5.58 Å². The summed E-state index contributed by atoms with van der Waals surface area (Å²) in [4.78, 5) is 6.69. The molecular weight excluding hydrogens is 283 g/mol. The van der Waals surface area contributed by atoms with Crippen LogP contribution in [0, 0.1) is 6.92 Å². The lowest BCUT2D eigenvalue weighted by molar-refractivity contribution is -0.144. The van der Waals surface area contributed by atoms with Gasteiger partial charge >= 0.3 is 6.18 Å². The Morgan fingerprint density at radius 2 is 1.90 bits per heavy atom. The van der Waals surface area contributed by atoms with Gasteiger partial charge in [0.1, 0.15) is 17.1 Å². The minimum absolute atomic E-state index is 0.00502. The number of fused-ring (bicyclic) bond motifs is 1. The van der Waals surface area contributed by atoms with Gasteiger partial charge in [-0.05, 0) is 18.6 Å². The number of furan rings is 1. The molecule has 0 bridgehead atoms. The standard InChI is InChI=1S/C14H10F3N3O/c1-7-3-2-4-8-5-10(21-12(7)8)9-6-11(18)20-13(19-9)14(15,16)17/h2-6H,1H3,(H2,18,19,20). The predicted octanol–water partition coefficient (Wildman–Crippen LogP) is 3.80. The van der Waals surface area contributed by atoms with E-state index in [1.165, 1.54) is 6.07 Å². The lowest BCUT2D eigenvalue weighted by Crippen LogP contribution is -2.12. The molecule has 0 spiro atoms. The Balaban J connectivity index is 2.18. The topological polar surface area (TPSA) is 64.9 Å². The second-order valence-electron chi connectivity index (χ2n) is 4.60. The van der Waals surface area contributed by atoms with Crippen molar-refractivity contribution < 1.29 is 17.6 Å². The Bertz CT molecular complexity index is 824. The Morgan fingerprint density at radius 3 is 2.57 bits per heavy atom. The third-order valence-corrected chi connectivity index (χ3v) is 2.99. The summed E-state index contributed by atoms with van der Waals surface area (Å²) in [5.74, 6) is -1.32. The SMILES string of the molecule is Cc1cccc2cc(-c3cc(N)nc(C(F)(F)F)n3)oc12. The Kier molecular flexibility index (Phi) is 2.86. The molecule has 0 fully saturated rings. The fraction of sp³-hybridized carbons (Fsp3) is 0.143. The average molecular weight is 293 g/mol. The van der Waals surface area contributed by atoms with Crippen LogP contribution in [-0.4, -0.2) is 9.97 Å². The van der Waals surface area contributed by atoms with Crippen LogP contribution in [0.3, 0.4) is 0 Å². The van der Waals surface area contributed by atoms with Crippen LogP contribution in [0.2, 0.25) is 0 Å². The van der Waals surface area contributed by atoms with Gasteiger partial charge in [-0.3, -0.25) is 0 Å². The van der Waals surface area contributed by atoms with Crippen molar-refractivity contribution in [3.05, 3.63) is 41.7 Å². The van der Waals surface area contributed by atoms with Gasteiger partial charge in [-0.25, -0.2) is 9.97 Å². The molecule has 0 atom stereocenters. The van der Waals surface area contributed by atoms with Crippen LogP contribution in [0.1, 0.15) is 11.4 Å². The second kappa shape index (κ2) is 4.47. The van der Waals surface area contributed by atoms with Crippen LogP contribution in [-0.2, 0) is 6.18 Å². The zero-order chi connectivity index (χ0) is 15.2. The summed E-state index contributed by atoms with van der Waals surface area (Å²) in [5, 5.41) is 0.788. The number of nitrogens with zero attached hydrogens (tertiary/aromatic N) is 2. The summed E-state index contributed by atoms with van der Waals surface area (Å²) >= 11 is 0. The number of halogens is 3. The summed E-state index contributed by atoms with van der Waals surface area (Å²) in [6.07, 6.45) is -4.66. The van der Waals surface area contributed by atoms with Crippen LogP contribution >= 0.6 is 0 Å². The van der Waals surface area contributed by atoms with Crippen molar-refractivity contribution in [2.24, 2.45) is 0 Å². The van der Waals surface area contributed by atoms with Crippen LogP contribution in [0.25, 0.3) is 22.4 Å². The molecule has 0 saturated carbocycles. The summed E-state index contributed by atoms with van der Waals surface area (Å²) in [6, 6.07) is 8.38. The molecule has 2 N–H and O–H groups in total. The second-order valence-corrected chi connectivity index (χ2v) is 4.60. The van der Waals surface area contributed by atoms with Crippen molar-refractivity contribution in [3.8, 4) is 11.5 Å². The molecule has 4 nitrogen and oxygen atoms in total. The van der Waals surface area contributed by atoms with Crippen molar-refractivity contribution >= 4 is 16.8 Å². The molecule has 0 aliphatic rings. The summed E-state index contributed by atoms with van der Waals surface area (Å²) in [5.41, 5.74) is 6.93. The number of hydrogen-bond donors (Lipinski definition) is 1. The van der Waals surface area contributed by atoms with E-state index >= 15 is 0 Å². The Morgan fingerprint density at radius 1 is 1.14 bits per heavy atom. The molecule has 3 rings (SSSR count). The van der Waals surface area contributed by atoms with Crippen molar-refractivity contribution in [3.63, 3.8) is 0 Å². The van der Waals surface area contributed by atoms with Crippen molar-refractivity contribution in [2.45, 2.75) is 13.1 Å². The molecule has 0 aliphatic heterocycles. The van der Waals surface area contributed by atoms with E-state index in [9.17, 15) is 13.2 Å². The lowest BCUT2D eigenvalue weighted by atomic mass is 10.2. The van der Waals surface area contributed by atoms with E-state index in [-0.39, 0.29) is 17.3 Å². The first-order valence-corrected chi connectivity index (χ1v) is 6.06. The highest BCUT2D eigenvalue weighted by Gasteiger charge is 2.35. The van der Waals surface area contributed by atoms with Gasteiger partial charge in [0.2, 0.25) is 5.82 Å². The Hall–Kier alpha value is -2.57.